The molecule has 1 aliphatic carbocycles. The van der Waals surface area contributed by atoms with Gasteiger partial charge in [0.15, 0.2) is 0 Å². The van der Waals surface area contributed by atoms with Gasteiger partial charge >= 0.3 is 0 Å². The third-order valence-electron chi connectivity index (χ3n) is 3.61. The van der Waals surface area contributed by atoms with Crippen LogP contribution in [-0.2, 0) is 6.42 Å². The zero-order valence-corrected chi connectivity index (χ0v) is 10.9. The molecule has 1 nitrogen and oxygen atoms in total. The third-order valence-corrected chi connectivity index (χ3v) is 3.90. The summed E-state index contributed by atoms with van der Waals surface area (Å²) in [4.78, 5) is 0. The van der Waals surface area contributed by atoms with E-state index < -0.39 is 0 Å². The molecule has 0 spiro atoms. The Morgan fingerprint density at radius 1 is 1.41 bits per heavy atom. The van der Waals surface area contributed by atoms with Gasteiger partial charge in [0.25, 0.3) is 0 Å². The van der Waals surface area contributed by atoms with E-state index in [4.69, 9.17) is 11.6 Å². The Morgan fingerprint density at radius 2 is 2.24 bits per heavy atom. The van der Waals surface area contributed by atoms with Gasteiger partial charge in [-0.2, -0.15) is 0 Å². The van der Waals surface area contributed by atoms with Gasteiger partial charge in [0.1, 0.15) is 5.82 Å². The molecular weight excluding hydrogens is 237 g/mol. The fourth-order valence-corrected chi connectivity index (χ4v) is 2.98. The first kappa shape index (κ1) is 12.8. The molecule has 0 heterocycles. The van der Waals surface area contributed by atoms with Crippen LogP contribution in [0, 0.1) is 11.7 Å². The minimum absolute atomic E-state index is 0.237. The van der Waals surface area contributed by atoms with Gasteiger partial charge in [0.2, 0.25) is 0 Å². The molecule has 1 aromatic carbocycles. The first-order chi connectivity index (χ1) is 8.20. The summed E-state index contributed by atoms with van der Waals surface area (Å²) in [7, 11) is 0. The standard InChI is InChI=1S/C14H19ClFN/c1-2-17-14-5-3-4-11(14)8-10-6-7-13(16)12(15)9-10/h6-7,9,11,14,17H,2-5,8H2,1H3. The number of hydrogen-bond donors (Lipinski definition) is 1. The molecular formula is C14H19ClFN. The molecule has 3 heteroatoms. The summed E-state index contributed by atoms with van der Waals surface area (Å²) in [6, 6.07) is 5.69. The molecule has 0 bridgehead atoms. The average Bonchev–Trinajstić information content (AvgIpc) is 2.72. The van der Waals surface area contributed by atoms with Gasteiger partial charge in [-0.3, -0.25) is 0 Å². The van der Waals surface area contributed by atoms with E-state index in [9.17, 15) is 4.39 Å². The van der Waals surface area contributed by atoms with Crippen molar-refractivity contribution in [1.82, 2.24) is 5.32 Å². The van der Waals surface area contributed by atoms with Gasteiger partial charge in [-0.15, -0.1) is 0 Å². The Morgan fingerprint density at radius 3 is 2.94 bits per heavy atom. The molecule has 2 atom stereocenters. The second-order valence-corrected chi connectivity index (χ2v) is 5.21. The minimum Gasteiger partial charge on any atom is -0.314 e. The molecule has 0 aromatic heterocycles. The quantitative estimate of drug-likeness (QED) is 0.863. The molecule has 2 rings (SSSR count). The van der Waals surface area contributed by atoms with E-state index in [-0.39, 0.29) is 10.8 Å². The van der Waals surface area contributed by atoms with Crippen molar-refractivity contribution in [2.24, 2.45) is 5.92 Å². The summed E-state index contributed by atoms with van der Waals surface area (Å²) in [5.41, 5.74) is 1.14. The van der Waals surface area contributed by atoms with Crippen LogP contribution in [0.25, 0.3) is 0 Å². The maximum Gasteiger partial charge on any atom is 0.141 e. The van der Waals surface area contributed by atoms with Gasteiger partial charge in [-0.05, 0) is 49.4 Å². The van der Waals surface area contributed by atoms with Crippen LogP contribution in [0.15, 0.2) is 18.2 Å². The van der Waals surface area contributed by atoms with Crippen LogP contribution in [0.1, 0.15) is 31.7 Å². The molecule has 94 valence electrons. The molecule has 2 unspecified atom stereocenters. The summed E-state index contributed by atoms with van der Waals surface area (Å²) in [5.74, 6) is 0.335. The molecule has 1 N–H and O–H groups in total. The molecule has 1 saturated carbocycles. The summed E-state index contributed by atoms with van der Waals surface area (Å²) in [5, 5.41) is 3.77. The lowest BCUT2D eigenvalue weighted by atomic mass is 9.94. The zero-order chi connectivity index (χ0) is 12.3. The SMILES string of the molecule is CCNC1CCCC1Cc1ccc(F)c(Cl)c1. The van der Waals surface area contributed by atoms with E-state index in [0.717, 1.165) is 18.5 Å². The van der Waals surface area contributed by atoms with Crippen LogP contribution in [0.4, 0.5) is 4.39 Å². The Bertz CT molecular complexity index is 380. The highest BCUT2D eigenvalue weighted by Gasteiger charge is 2.26. The topological polar surface area (TPSA) is 12.0 Å². The summed E-state index contributed by atoms with van der Waals surface area (Å²) in [6.45, 7) is 3.16. The molecule has 1 aliphatic rings. The van der Waals surface area contributed by atoms with Crippen molar-refractivity contribution in [2.45, 2.75) is 38.6 Å². The van der Waals surface area contributed by atoms with Gasteiger partial charge in [0, 0.05) is 6.04 Å². The second-order valence-electron chi connectivity index (χ2n) is 4.81. The molecule has 0 aliphatic heterocycles. The fourth-order valence-electron chi connectivity index (χ4n) is 2.78. The van der Waals surface area contributed by atoms with Crippen LogP contribution < -0.4 is 5.32 Å². The summed E-state index contributed by atoms with van der Waals surface area (Å²) >= 11 is 5.81. The smallest absolute Gasteiger partial charge is 0.141 e. The van der Waals surface area contributed by atoms with E-state index in [2.05, 4.69) is 12.2 Å². The van der Waals surface area contributed by atoms with Gasteiger partial charge < -0.3 is 5.32 Å². The van der Waals surface area contributed by atoms with Crippen molar-refractivity contribution in [3.8, 4) is 0 Å². The first-order valence-corrected chi connectivity index (χ1v) is 6.75. The lowest BCUT2D eigenvalue weighted by molar-refractivity contribution is 0.406. The Hall–Kier alpha value is -0.600. The van der Waals surface area contributed by atoms with Crippen LogP contribution in [-0.4, -0.2) is 12.6 Å². The van der Waals surface area contributed by atoms with Crippen molar-refractivity contribution in [2.75, 3.05) is 6.54 Å². The van der Waals surface area contributed by atoms with E-state index in [1.165, 1.54) is 25.3 Å². The van der Waals surface area contributed by atoms with Crippen LogP contribution in [0.2, 0.25) is 5.02 Å². The third kappa shape index (κ3) is 3.20. The molecule has 1 fully saturated rings. The minimum atomic E-state index is -0.329. The molecule has 0 radical (unpaired) electrons. The van der Waals surface area contributed by atoms with Crippen molar-refractivity contribution in [3.05, 3.63) is 34.6 Å². The lowest BCUT2D eigenvalue weighted by Gasteiger charge is -2.20. The number of benzene rings is 1. The molecule has 0 amide bonds. The van der Waals surface area contributed by atoms with Gasteiger partial charge in [0.05, 0.1) is 5.02 Å². The van der Waals surface area contributed by atoms with Crippen molar-refractivity contribution >= 4 is 11.6 Å². The number of halogens is 2. The Balaban J connectivity index is 2.02. The monoisotopic (exact) mass is 255 g/mol. The second kappa shape index (κ2) is 5.83. The Kier molecular flexibility index (Phi) is 4.41. The zero-order valence-electron chi connectivity index (χ0n) is 10.2. The number of nitrogens with one attached hydrogen (secondary N) is 1. The highest BCUT2D eigenvalue weighted by Crippen LogP contribution is 2.29. The highest BCUT2D eigenvalue weighted by molar-refractivity contribution is 6.30. The number of rotatable bonds is 4. The van der Waals surface area contributed by atoms with E-state index in [1.54, 1.807) is 6.07 Å². The van der Waals surface area contributed by atoms with Crippen LogP contribution in [0.5, 0.6) is 0 Å². The van der Waals surface area contributed by atoms with E-state index in [1.807, 2.05) is 6.07 Å². The highest BCUT2D eigenvalue weighted by atomic mass is 35.5. The average molecular weight is 256 g/mol. The van der Waals surface area contributed by atoms with Gasteiger partial charge in [-0.25, -0.2) is 4.39 Å². The normalized spacial score (nSPS) is 24.2. The first-order valence-electron chi connectivity index (χ1n) is 6.38. The van der Waals surface area contributed by atoms with Crippen LogP contribution >= 0.6 is 11.6 Å². The maximum absolute atomic E-state index is 13.1. The summed E-state index contributed by atoms with van der Waals surface area (Å²) in [6.07, 6.45) is 4.80. The van der Waals surface area contributed by atoms with Crippen molar-refractivity contribution in [1.29, 1.82) is 0 Å². The van der Waals surface area contributed by atoms with Crippen LogP contribution in [0.3, 0.4) is 0 Å². The lowest BCUT2D eigenvalue weighted by Crippen LogP contribution is -2.33. The summed E-state index contributed by atoms with van der Waals surface area (Å²) < 4.78 is 13.1. The number of hydrogen-bond acceptors (Lipinski definition) is 1. The van der Waals surface area contributed by atoms with Gasteiger partial charge in [-0.1, -0.05) is 31.0 Å². The van der Waals surface area contributed by atoms with Crippen molar-refractivity contribution < 1.29 is 4.39 Å². The maximum atomic E-state index is 13.1. The molecule has 0 saturated heterocycles. The van der Waals surface area contributed by atoms with E-state index >= 15 is 0 Å². The predicted octanol–water partition coefficient (Wildman–Crippen LogP) is 3.80. The predicted molar refractivity (Wildman–Crippen MR) is 69.9 cm³/mol. The Labute approximate surface area is 107 Å². The largest absolute Gasteiger partial charge is 0.314 e. The van der Waals surface area contributed by atoms with Crippen molar-refractivity contribution in [3.63, 3.8) is 0 Å². The van der Waals surface area contributed by atoms with E-state index in [0.29, 0.717) is 12.0 Å². The molecule has 17 heavy (non-hydrogen) atoms. The fraction of sp³-hybridized carbons (Fsp3) is 0.571. The molecule has 1 aromatic rings.